The molecular formula is C17H17N3O3. The lowest BCUT2D eigenvalue weighted by Crippen LogP contribution is -2.18. The Morgan fingerprint density at radius 2 is 2.00 bits per heavy atom. The summed E-state index contributed by atoms with van der Waals surface area (Å²) in [4.78, 5) is 12.1. The number of pyridine rings is 1. The molecule has 23 heavy (non-hydrogen) atoms. The number of hydrogen-bond acceptors (Lipinski definition) is 5. The summed E-state index contributed by atoms with van der Waals surface area (Å²) in [5.74, 6) is 0.536. The van der Waals surface area contributed by atoms with E-state index in [1.54, 1.807) is 29.1 Å². The smallest absolute Gasteiger partial charge is 0.339 e. The van der Waals surface area contributed by atoms with Crippen molar-refractivity contribution < 1.29 is 14.3 Å². The number of carbonyl (C=O) groups is 1. The molecule has 3 rings (SSSR count). The predicted octanol–water partition coefficient (Wildman–Crippen LogP) is 2.60. The first-order valence-corrected chi connectivity index (χ1v) is 7.37. The third-order valence-electron chi connectivity index (χ3n) is 3.30. The van der Waals surface area contributed by atoms with Gasteiger partial charge in [0.05, 0.1) is 18.8 Å². The SMILES string of the molecule is C[C@H](COC(=O)c1ccc2nncn2c1)COc1ccccc1. The Labute approximate surface area is 133 Å². The molecule has 0 saturated heterocycles. The van der Waals surface area contributed by atoms with E-state index in [0.29, 0.717) is 24.4 Å². The maximum Gasteiger partial charge on any atom is 0.339 e. The number of para-hydroxylation sites is 1. The molecule has 118 valence electrons. The Kier molecular flexibility index (Phi) is 4.52. The average Bonchev–Trinajstić information content (AvgIpc) is 3.06. The zero-order valence-corrected chi connectivity index (χ0v) is 12.8. The van der Waals surface area contributed by atoms with Gasteiger partial charge in [-0.1, -0.05) is 25.1 Å². The van der Waals surface area contributed by atoms with Crippen LogP contribution in [0.5, 0.6) is 5.75 Å². The van der Waals surface area contributed by atoms with Gasteiger partial charge in [-0.05, 0) is 24.3 Å². The van der Waals surface area contributed by atoms with Crippen molar-refractivity contribution in [1.82, 2.24) is 14.6 Å². The number of hydrogen-bond donors (Lipinski definition) is 0. The number of carbonyl (C=O) groups excluding carboxylic acids is 1. The van der Waals surface area contributed by atoms with Crippen LogP contribution in [0.2, 0.25) is 0 Å². The highest BCUT2D eigenvalue weighted by Gasteiger charge is 2.11. The quantitative estimate of drug-likeness (QED) is 0.655. The molecule has 0 aliphatic carbocycles. The Bertz CT molecular complexity index is 786. The highest BCUT2D eigenvalue weighted by atomic mass is 16.5. The van der Waals surface area contributed by atoms with Crippen LogP contribution in [0.3, 0.4) is 0 Å². The van der Waals surface area contributed by atoms with Crippen molar-refractivity contribution >= 4 is 11.6 Å². The van der Waals surface area contributed by atoms with Gasteiger partial charge >= 0.3 is 5.97 Å². The lowest BCUT2D eigenvalue weighted by atomic mass is 10.2. The third kappa shape index (κ3) is 3.85. The molecular weight excluding hydrogens is 294 g/mol. The van der Waals surface area contributed by atoms with Gasteiger partial charge in [0.15, 0.2) is 5.65 Å². The largest absolute Gasteiger partial charge is 0.493 e. The highest BCUT2D eigenvalue weighted by Crippen LogP contribution is 2.11. The molecule has 0 radical (unpaired) electrons. The molecule has 0 aliphatic rings. The Morgan fingerprint density at radius 1 is 1.17 bits per heavy atom. The van der Waals surface area contributed by atoms with Crippen LogP contribution in [0, 0.1) is 5.92 Å². The van der Waals surface area contributed by atoms with E-state index in [9.17, 15) is 4.79 Å². The van der Waals surface area contributed by atoms with E-state index in [1.165, 1.54) is 0 Å². The summed E-state index contributed by atoms with van der Waals surface area (Å²) in [6.45, 7) is 2.76. The molecule has 2 heterocycles. The Morgan fingerprint density at radius 3 is 2.83 bits per heavy atom. The third-order valence-corrected chi connectivity index (χ3v) is 3.30. The molecule has 0 bridgehead atoms. The van der Waals surface area contributed by atoms with Gasteiger partial charge in [0.1, 0.15) is 12.1 Å². The predicted molar refractivity (Wildman–Crippen MR) is 84.4 cm³/mol. The number of rotatable bonds is 6. The van der Waals surface area contributed by atoms with E-state index in [2.05, 4.69) is 10.2 Å². The summed E-state index contributed by atoms with van der Waals surface area (Å²) in [7, 11) is 0. The van der Waals surface area contributed by atoms with Crippen LogP contribution in [0.1, 0.15) is 17.3 Å². The molecule has 0 spiro atoms. The number of benzene rings is 1. The van der Waals surface area contributed by atoms with Gasteiger partial charge in [-0.3, -0.25) is 4.40 Å². The fraction of sp³-hybridized carbons (Fsp3) is 0.235. The van der Waals surface area contributed by atoms with Gasteiger partial charge in [-0.15, -0.1) is 10.2 Å². The lowest BCUT2D eigenvalue weighted by molar-refractivity contribution is 0.0414. The zero-order valence-electron chi connectivity index (χ0n) is 12.8. The Balaban J connectivity index is 1.49. The summed E-state index contributed by atoms with van der Waals surface area (Å²) in [5, 5.41) is 7.66. The van der Waals surface area contributed by atoms with Crippen molar-refractivity contribution in [3.8, 4) is 5.75 Å². The van der Waals surface area contributed by atoms with Crippen LogP contribution in [-0.2, 0) is 4.74 Å². The minimum atomic E-state index is -0.368. The van der Waals surface area contributed by atoms with Crippen LogP contribution < -0.4 is 4.74 Å². The zero-order chi connectivity index (χ0) is 16.1. The second kappa shape index (κ2) is 6.91. The summed E-state index contributed by atoms with van der Waals surface area (Å²) in [6.07, 6.45) is 3.20. The monoisotopic (exact) mass is 311 g/mol. The second-order valence-corrected chi connectivity index (χ2v) is 5.34. The second-order valence-electron chi connectivity index (χ2n) is 5.34. The van der Waals surface area contributed by atoms with Gasteiger partial charge in [0.2, 0.25) is 0 Å². The van der Waals surface area contributed by atoms with Crippen molar-refractivity contribution in [3.05, 3.63) is 60.6 Å². The maximum atomic E-state index is 12.1. The molecule has 0 unspecified atom stereocenters. The molecule has 6 heteroatoms. The number of ether oxygens (including phenoxy) is 2. The van der Waals surface area contributed by atoms with Gasteiger partial charge in [-0.2, -0.15) is 0 Å². The molecule has 0 N–H and O–H groups in total. The van der Waals surface area contributed by atoms with Gasteiger partial charge in [-0.25, -0.2) is 4.79 Å². The summed E-state index contributed by atoms with van der Waals surface area (Å²) in [5.41, 5.74) is 1.15. The number of fused-ring (bicyclic) bond motifs is 1. The van der Waals surface area contributed by atoms with Crippen molar-refractivity contribution in [3.63, 3.8) is 0 Å². The van der Waals surface area contributed by atoms with Crippen LogP contribution in [0.4, 0.5) is 0 Å². The van der Waals surface area contributed by atoms with E-state index < -0.39 is 0 Å². The first-order chi connectivity index (χ1) is 11.2. The highest BCUT2D eigenvalue weighted by molar-refractivity contribution is 5.89. The molecule has 0 aliphatic heterocycles. The first-order valence-electron chi connectivity index (χ1n) is 7.37. The standard InChI is InChI=1S/C17H17N3O3/c1-13(10-22-15-5-3-2-4-6-15)11-23-17(21)14-7-8-16-19-18-12-20(16)9-14/h2-9,12-13H,10-11H2,1H3/t13-/m0/s1. The van der Waals surface area contributed by atoms with Crippen LogP contribution in [0.25, 0.3) is 5.65 Å². The minimum Gasteiger partial charge on any atom is -0.493 e. The van der Waals surface area contributed by atoms with Crippen molar-refractivity contribution in [1.29, 1.82) is 0 Å². The molecule has 0 saturated carbocycles. The normalized spacial score (nSPS) is 12.0. The molecule has 1 atom stereocenters. The average molecular weight is 311 g/mol. The van der Waals surface area contributed by atoms with Crippen LogP contribution in [0.15, 0.2) is 55.0 Å². The molecule has 3 aromatic rings. The van der Waals surface area contributed by atoms with Crippen molar-refractivity contribution in [2.45, 2.75) is 6.92 Å². The molecule has 0 fully saturated rings. The molecule has 6 nitrogen and oxygen atoms in total. The maximum absolute atomic E-state index is 12.1. The van der Waals surface area contributed by atoms with Crippen LogP contribution in [-0.4, -0.2) is 33.8 Å². The van der Waals surface area contributed by atoms with Gasteiger partial charge in [0, 0.05) is 12.1 Å². The molecule has 0 amide bonds. The number of aromatic nitrogens is 3. The fourth-order valence-electron chi connectivity index (χ4n) is 2.05. The number of esters is 1. The summed E-state index contributed by atoms with van der Waals surface area (Å²) >= 11 is 0. The van der Waals surface area contributed by atoms with E-state index in [-0.39, 0.29) is 11.9 Å². The van der Waals surface area contributed by atoms with E-state index >= 15 is 0 Å². The van der Waals surface area contributed by atoms with Gasteiger partial charge < -0.3 is 9.47 Å². The lowest BCUT2D eigenvalue weighted by Gasteiger charge is -2.13. The summed E-state index contributed by atoms with van der Waals surface area (Å²) < 4.78 is 12.7. The van der Waals surface area contributed by atoms with Crippen LogP contribution >= 0.6 is 0 Å². The van der Waals surface area contributed by atoms with E-state index in [4.69, 9.17) is 9.47 Å². The minimum absolute atomic E-state index is 0.0952. The van der Waals surface area contributed by atoms with Crippen molar-refractivity contribution in [2.24, 2.45) is 5.92 Å². The summed E-state index contributed by atoms with van der Waals surface area (Å²) in [6, 6.07) is 13.0. The van der Waals surface area contributed by atoms with E-state index in [1.807, 2.05) is 37.3 Å². The fourth-order valence-corrected chi connectivity index (χ4v) is 2.05. The van der Waals surface area contributed by atoms with Crippen molar-refractivity contribution in [2.75, 3.05) is 13.2 Å². The van der Waals surface area contributed by atoms with E-state index in [0.717, 1.165) is 5.75 Å². The molecule has 2 aromatic heterocycles. The topological polar surface area (TPSA) is 65.7 Å². The number of nitrogens with zero attached hydrogens (tertiary/aromatic N) is 3. The molecule has 1 aromatic carbocycles. The Hall–Kier alpha value is -2.89. The van der Waals surface area contributed by atoms with Gasteiger partial charge in [0.25, 0.3) is 0 Å². The first kappa shape index (κ1) is 15.0.